The lowest BCUT2D eigenvalue weighted by Crippen LogP contribution is -2.20. The van der Waals surface area contributed by atoms with Gasteiger partial charge in [0.1, 0.15) is 0 Å². The Hall–Kier alpha value is -3.13. The molecule has 5 nitrogen and oxygen atoms in total. The lowest BCUT2D eigenvalue weighted by Gasteiger charge is -2.11. The van der Waals surface area contributed by atoms with Gasteiger partial charge in [-0.15, -0.1) is 0 Å². The first-order valence-corrected chi connectivity index (χ1v) is 8.84. The molecule has 0 saturated carbocycles. The number of halogens is 4. The van der Waals surface area contributed by atoms with E-state index in [1.807, 2.05) is 30.3 Å². The largest absolute Gasteiger partial charge is 0.416 e. The molecule has 2 aromatic rings. The van der Waals surface area contributed by atoms with Crippen molar-refractivity contribution in [2.45, 2.75) is 19.0 Å². The number of allylic oxidation sites excluding steroid dienone is 1. The summed E-state index contributed by atoms with van der Waals surface area (Å²) in [5.41, 5.74) is 2.11. The number of benzene rings is 2. The molecule has 29 heavy (non-hydrogen) atoms. The van der Waals surface area contributed by atoms with Gasteiger partial charge >= 0.3 is 6.18 Å². The molecule has 0 bridgehead atoms. The first-order chi connectivity index (χ1) is 13.8. The van der Waals surface area contributed by atoms with Crippen LogP contribution >= 0.6 is 11.6 Å². The maximum atomic E-state index is 12.7. The number of carbonyl (C=O) groups excluding carboxylic acids is 2. The standard InChI is InChI=1S/C20H17ClF3N3O2/c21-16-9-8-15(20(22,23)24)13-17(16)26-18(28)10-11-19(29)27-25-12-4-7-14-5-2-1-3-6-14/h1-9,12-13H,10-11H2,(H,26,28)(H,27,29). The fourth-order valence-corrected chi connectivity index (χ4v) is 2.33. The van der Waals surface area contributed by atoms with E-state index in [1.165, 1.54) is 6.21 Å². The van der Waals surface area contributed by atoms with E-state index in [1.54, 1.807) is 12.2 Å². The minimum absolute atomic E-state index is 0.0365. The number of rotatable bonds is 7. The Labute approximate surface area is 170 Å². The van der Waals surface area contributed by atoms with Crippen LogP contribution in [0.25, 0.3) is 6.08 Å². The van der Waals surface area contributed by atoms with Crippen molar-refractivity contribution in [1.82, 2.24) is 5.43 Å². The van der Waals surface area contributed by atoms with Crippen molar-refractivity contribution < 1.29 is 22.8 Å². The normalized spacial score (nSPS) is 11.7. The van der Waals surface area contributed by atoms with E-state index in [0.717, 1.165) is 23.8 Å². The Bertz CT molecular complexity index is 913. The summed E-state index contributed by atoms with van der Waals surface area (Å²) >= 11 is 5.81. The third-order valence-corrected chi connectivity index (χ3v) is 3.91. The molecule has 0 heterocycles. The molecule has 0 aliphatic rings. The van der Waals surface area contributed by atoms with Gasteiger partial charge in [-0.05, 0) is 29.8 Å². The number of nitrogens with zero attached hydrogens (tertiary/aromatic N) is 1. The second kappa shape index (κ2) is 10.4. The molecular formula is C20H17ClF3N3O2. The Morgan fingerprint density at radius 3 is 2.41 bits per heavy atom. The number of alkyl halides is 3. The summed E-state index contributed by atoms with van der Waals surface area (Å²) in [6, 6.07) is 12.1. The molecule has 2 amide bonds. The van der Waals surface area contributed by atoms with Gasteiger partial charge in [-0.3, -0.25) is 9.59 Å². The number of amides is 2. The molecule has 0 unspecified atom stereocenters. The smallest absolute Gasteiger partial charge is 0.325 e. The van der Waals surface area contributed by atoms with Gasteiger partial charge in [0, 0.05) is 19.1 Å². The number of anilines is 1. The SMILES string of the molecule is O=C(CCC(=O)Nc1cc(C(F)(F)F)ccc1Cl)NN=CC=Cc1ccccc1. The molecule has 2 rings (SSSR count). The molecule has 2 aromatic carbocycles. The number of hydrazone groups is 1. The van der Waals surface area contributed by atoms with Crippen LogP contribution in [0.1, 0.15) is 24.0 Å². The summed E-state index contributed by atoms with van der Waals surface area (Å²) in [5.74, 6) is -1.16. The van der Waals surface area contributed by atoms with Gasteiger partial charge in [0.05, 0.1) is 16.3 Å². The first-order valence-electron chi connectivity index (χ1n) is 8.46. The highest BCUT2D eigenvalue weighted by Crippen LogP contribution is 2.33. The van der Waals surface area contributed by atoms with Crippen molar-refractivity contribution in [3.63, 3.8) is 0 Å². The van der Waals surface area contributed by atoms with Gasteiger partial charge in [0.15, 0.2) is 0 Å². The first kappa shape index (κ1) is 22.2. The molecule has 9 heteroatoms. The van der Waals surface area contributed by atoms with Crippen LogP contribution in [0, 0.1) is 0 Å². The molecule has 0 spiro atoms. The molecule has 0 atom stereocenters. The number of nitrogens with one attached hydrogen (secondary N) is 2. The van der Waals surface area contributed by atoms with Gasteiger partial charge in [0.25, 0.3) is 0 Å². The van der Waals surface area contributed by atoms with Crippen LogP contribution < -0.4 is 10.7 Å². The summed E-state index contributed by atoms with van der Waals surface area (Å²) in [6.45, 7) is 0. The Kier molecular flexibility index (Phi) is 7.97. The second-order valence-corrected chi connectivity index (χ2v) is 6.23. The van der Waals surface area contributed by atoms with Gasteiger partial charge in [0.2, 0.25) is 11.8 Å². The van der Waals surface area contributed by atoms with Crippen molar-refractivity contribution in [3.8, 4) is 0 Å². The zero-order valence-electron chi connectivity index (χ0n) is 15.0. The maximum Gasteiger partial charge on any atom is 0.416 e. The summed E-state index contributed by atoms with van der Waals surface area (Å²) < 4.78 is 38.2. The fourth-order valence-electron chi connectivity index (χ4n) is 2.16. The summed E-state index contributed by atoms with van der Waals surface area (Å²) in [4.78, 5) is 23.6. The van der Waals surface area contributed by atoms with E-state index in [9.17, 15) is 22.8 Å². The van der Waals surface area contributed by atoms with E-state index in [4.69, 9.17) is 11.6 Å². The Morgan fingerprint density at radius 1 is 1.03 bits per heavy atom. The quantitative estimate of drug-likeness (QED) is 0.491. The van der Waals surface area contributed by atoms with Crippen LogP contribution in [0.3, 0.4) is 0 Å². The van der Waals surface area contributed by atoms with Crippen molar-refractivity contribution in [1.29, 1.82) is 0 Å². The minimum Gasteiger partial charge on any atom is -0.325 e. The molecule has 0 aliphatic carbocycles. The van der Waals surface area contributed by atoms with Crippen LogP contribution in [0.15, 0.2) is 59.7 Å². The molecule has 0 radical (unpaired) electrons. The third-order valence-electron chi connectivity index (χ3n) is 3.58. The summed E-state index contributed by atoms with van der Waals surface area (Å²) in [5, 5.41) is 5.95. The van der Waals surface area contributed by atoms with Crippen LogP contribution in [0.2, 0.25) is 5.02 Å². The average molecular weight is 424 g/mol. The third kappa shape index (κ3) is 7.79. The van der Waals surface area contributed by atoms with E-state index < -0.39 is 23.6 Å². The van der Waals surface area contributed by atoms with Crippen molar-refractivity contribution in [3.05, 3.63) is 70.8 Å². The van der Waals surface area contributed by atoms with E-state index >= 15 is 0 Å². The highest BCUT2D eigenvalue weighted by atomic mass is 35.5. The predicted octanol–water partition coefficient (Wildman–Crippen LogP) is 4.89. The molecule has 0 aliphatic heterocycles. The van der Waals surface area contributed by atoms with E-state index in [0.29, 0.717) is 0 Å². The van der Waals surface area contributed by atoms with Crippen molar-refractivity contribution >= 4 is 41.4 Å². The highest BCUT2D eigenvalue weighted by molar-refractivity contribution is 6.33. The minimum atomic E-state index is -4.56. The lowest BCUT2D eigenvalue weighted by atomic mass is 10.2. The molecule has 0 aromatic heterocycles. The highest BCUT2D eigenvalue weighted by Gasteiger charge is 2.31. The maximum absolute atomic E-state index is 12.7. The van der Waals surface area contributed by atoms with Crippen LogP contribution in [0.5, 0.6) is 0 Å². The van der Waals surface area contributed by atoms with Gasteiger partial charge in [-0.25, -0.2) is 5.43 Å². The van der Waals surface area contributed by atoms with E-state index in [-0.39, 0.29) is 23.6 Å². The van der Waals surface area contributed by atoms with Crippen molar-refractivity contribution in [2.75, 3.05) is 5.32 Å². The second-order valence-electron chi connectivity index (χ2n) is 5.82. The lowest BCUT2D eigenvalue weighted by molar-refractivity contribution is -0.137. The topological polar surface area (TPSA) is 70.6 Å². The number of carbonyl (C=O) groups is 2. The molecule has 152 valence electrons. The summed E-state index contributed by atoms with van der Waals surface area (Å²) in [7, 11) is 0. The van der Waals surface area contributed by atoms with Crippen LogP contribution in [0.4, 0.5) is 18.9 Å². The fraction of sp³-hybridized carbons (Fsp3) is 0.150. The monoisotopic (exact) mass is 423 g/mol. The number of hydrogen-bond donors (Lipinski definition) is 2. The molecule has 0 saturated heterocycles. The average Bonchev–Trinajstić information content (AvgIpc) is 2.68. The zero-order valence-corrected chi connectivity index (χ0v) is 15.8. The summed E-state index contributed by atoms with van der Waals surface area (Å²) in [6.07, 6.45) is -0.180. The van der Waals surface area contributed by atoms with Gasteiger partial charge in [-0.1, -0.05) is 48.0 Å². The van der Waals surface area contributed by atoms with E-state index in [2.05, 4.69) is 15.8 Å². The predicted molar refractivity (Wildman–Crippen MR) is 106 cm³/mol. The Morgan fingerprint density at radius 2 is 1.72 bits per heavy atom. The van der Waals surface area contributed by atoms with Crippen LogP contribution in [-0.4, -0.2) is 18.0 Å². The molecular weight excluding hydrogens is 407 g/mol. The van der Waals surface area contributed by atoms with Gasteiger partial charge in [-0.2, -0.15) is 18.3 Å². The molecule has 2 N–H and O–H groups in total. The van der Waals surface area contributed by atoms with Crippen molar-refractivity contribution in [2.24, 2.45) is 5.10 Å². The van der Waals surface area contributed by atoms with Crippen LogP contribution in [-0.2, 0) is 15.8 Å². The number of hydrogen-bond acceptors (Lipinski definition) is 3. The molecule has 0 fully saturated rings. The Balaban J connectivity index is 1.78. The zero-order chi connectivity index (χ0) is 21.3. The van der Waals surface area contributed by atoms with Gasteiger partial charge < -0.3 is 5.32 Å².